The highest BCUT2D eigenvalue weighted by Crippen LogP contribution is 2.29. The number of hydrogen-bond acceptors (Lipinski definition) is 4. The summed E-state index contributed by atoms with van der Waals surface area (Å²) in [7, 11) is 0. The van der Waals surface area contributed by atoms with Gasteiger partial charge < -0.3 is 15.2 Å². The van der Waals surface area contributed by atoms with Crippen LogP contribution in [0.3, 0.4) is 0 Å². The van der Waals surface area contributed by atoms with Crippen LogP contribution in [0.15, 0.2) is 42.5 Å². The van der Waals surface area contributed by atoms with Crippen LogP contribution in [0.5, 0.6) is 5.75 Å². The van der Waals surface area contributed by atoms with Gasteiger partial charge in [0, 0.05) is 25.7 Å². The Morgan fingerprint density at radius 3 is 2.75 bits per heavy atom. The predicted molar refractivity (Wildman–Crippen MR) is 112 cm³/mol. The quantitative estimate of drug-likeness (QED) is 0.766. The van der Waals surface area contributed by atoms with Gasteiger partial charge in [0.2, 0.25) is 5.91 Å². The first kappa shape index (κ1) is 20.6. The van der Waals surface area contributed by atoms with E-state index < -0.39 is 5.60 Å². The summed E-state index contributed by atoms with van der Waals surface area (Å²) in [6.07, 6.45) is 1.61. The normalized spacial score (nSPS) is 20.0. The Morgan fingerprint density at radius 2 is 2.04 bits per heavy atom. The highest BCUT2D eigenvalue weighted by atomic mass is 35.5. The second kappa shape index (κ2) is 8.95. The lowest BCUT2D eigenvalue weighted by Gasteiger charge is -2.39. The number of likely N-dealkylation sites (tertiary alicyclic amines) is 1. The summed E-state index contributed by atoms with van der Waals surface area (Å²) in [5.41, 5.74) is 2.09. The van der Waals surface area contributed by atoms with Gasteiger partial charge in [0.25, 0.3) is 0 Å². The molecule has 0 aromatic heterocycles. The molecule has 28 heavy (non-hydrogen) atoms. The van der Waals surface area contributed by atoms with E-state index in [-0.39, 0.29) is 12.5 Å². The van der Waals surface area contributed by atoms with Crippen molar-refractivity contribution in [3.05, 3.63) is 58.6 Å². The number of halogens is 1. The molecule has 1 atom stereocenters. The van der Waals surface area contributed by atoms with E-state index in [4.69, 9.17) is 16.3 Å². The summed E-state index contributed by atoms with van der Waals surface area (Å²) in [5, 5.41) is 14.4. The number of piperidine rings is 1. The molecule has 6 heteroatoms. The summed E-state index contributed by atoms with van der Waals surface area (Å²) in [6.45, 7) is 5.92. The minimum Gasteiger partial charge on any atom is -0.489 e. The minimum atomic E-state index is -0.901. The highest BCUT2D eigenvalue weighted by molar-refractivity contribution is 6.32. The summed E-state index contributed by atoms with van der Waals surface area (Å²) in [5.74, 6) is 0.531. The van der Waals surface area contributed by atoms with Crippen molar-refractivity contribution in [2.45, 2.75) is 38.8 Å². The zero-order valence-corrected chi connectivity index (χ0v) is 17.1. The van der Waals surface area contributed by atoms with Crippen LogP contribution < -0.4 is 10.1 Å². The van der Waals surface area contributed by atoms with Crippen LogP contribution in [0.25, 0.3) is 0 Å². The van der Waals surface area contributed by atoms with Crippen LogP contribution in [0, 0.1) is 6.92 Å². The second-order valence-electron chi connectivity index (χ2n) is 7.64. The van der Waals surface area contributed by atoms with Crippen LogP contribution in [0.2, 0.25) is 5.02 Å². The van der Waals surface area contributed by atoms with Crippen LogP contribution in [-0.2, 0) is 11.3 Å². The molecule has 2 aromatic rings. The van der Waals surface area contributed by atoms with Gasteiger partial charge in [-0.05, 0) is 61.7 Å². The maximum Gasteiger partial charge on any atom is 0.221 e. The molecule has 2 aromatic carbocycles. The Morgan fingerprint density at radius 1 is 1.29 bits per heavy atom. The molecule has 5 nitrogen and oxygen atoms in total. The number of hydrogen-bond donors (Lipinski definition) is 2. The topological polar surface area (TPSA) is 61.8 Å². The number of nitrogens with zero attached hydrogens (tertiary/aromatic N) is 1. The number of β-amino-alcohol motifs (C(OH)–C–C–N with tert-alkyl or cyclic N) is 1. The van der Waals surface area contributed by atoms with Gasteiger partial charge in [-0.2, -0.15) is 0 Å². The van der Waals surface area contributed by atoms with E-state index in [2.05, 4.69) is 10.2 Å². The van der Waals surface area contributed by atoms with Crippen molar-refractivity contribution in [1.82, 2.24) is 4.90 Å². The fraction of sp³-hybridized carbons (Fsp3) is 0.409. The zero-order valence-electron chi connectivity index (χ0n) is 16.4. The predicted octanol–water partition coefficient (Wildman–Crippen LogP) is 4.01. The fourth-order valence-electron chi connectivity index (χ4n) is 3.55. The van der Waals surface area contributed by atoms with E-state index in [0.717, 1.165) is 36.3 Å². The number of carbonyl (C=O) groups excluding carboxylic acids is 1. The molecule has 0 aliphatic carbocycles. The fourth-order valence-corrected chi connectivity index (χ4v) is 3.72. The van der Waals surface area contributed by atoms with Gasteiger partial charge in [-0.25, -0.2) is 0 Å². The average Bonchev–Trinajstić information content (AvgIpc) is 2.64. The number of anilines is 1. The summed E-state index contributed by atoms with van der Waals surface area (Å²) < 4.78 is 5.86. The number of amides is 1. The smallest absolute Gasteiger partial charge is 0.221 e. The molecular weight excluding hydrogens is 376 g/mol. The van der Waals surface area contributed by atoms with Crippen molar-refractivity contribution >= 4 is 23.2 Å². The van der Waals surface area contributed by atoms with Gasteiger partial charge in [-0.1, -0.05) is 29.8 Å². The number of aryl methyl sites for hydroxylation is 1. The summed E-state index contributed by atoms with van der Waals surface area (Å²) in [4.78, 5) is 13.4. The summed E-state index contributed by atoms with van der Waals surface area (Å²) >= 11 is 6.20. The van der Waals surface area contributed by atoms with E-state index >= 15 is 0 Å². The molecule has 150 valence electrons. The number of rotatable bonds is 6. The Hall–Kier alpha value is -2.08. The number of benzene rings is 2. The molecule has 1 unspecified atom stereocenters. The number of nitrogens with one attached hydrogen (secondary N) is 1. The van der Waals surface area contributed by atoms with E-state index in [1.54, 1.807) is 0 Å². The first-order valence-corrected chi connectivity index (χ1v) is 9.91. The second-order valence-corrected chi connectivity index (χ2v) is 8.05. The van der Waals surface area contributed by atoms with Crippen LogP contribution in [0.4, 0.5) is 5.69 Å². The molecule has 0 saturated carbocycles. The number of ether oxygens (including phenoxy) is 1. The molecule has 1 aliphatic rings. The van der Waals surface area contributed by atoms with Gasteiger partial charge in [0.1, 0.15) is 18.0 Å². The van der Waals surface area contributed by atoms with Crippen LogP contribution >= 0.6 is 11.6 Å². The first-order valence-electron chi connectivity index (χ1n) is 9.53. The molecule has 0 radical (unpaired) electrons. The van der Waals surface area contributed by atoms with Crippen molar-refractivity contribution in [3.8, 4) is 5.75 Å². The van der Waals surface area contributed by atoms with Crippen molar-refractivity contribution in [1.29, 1.82) is 0 Å². The van der Waals surface area contributed by atoms with E-state index in [9.17, 15) is 9.90 Å². The Labute approximate surface area is 171 Å². The van der Waals surface area contributed by atoms with Crippen molar-refractivity contribution < 1.29 is 14.6 Å². The Bertz CT molecular complexity index is 825. The Balaban J connectivity index is 1.58. The third kappa shape index (κ3) is 5.71. The van der Waals surface area contributed by atoms with E-state index in [1.807, 2.05) is 49.4 Å². The largest absolute Gasteiger partial charge is 0.489 e. The molecule has 1 heterocycles. The van der Waals surface area contributed by atoms with E-state index in [0.29, 0.717) is 23.7 Å². The summed E-state index contributed by atoms with van der Waals surface area (Å²) in [6, 6.07) is 13.4. The van der Waals surface area contributed by atoms with Crippen molar-refractivity contribution in [2.24, 2.45) is 0 Å². The van der Waals surface area contributed by atoms with Gasteiger partial charge >= 0.3 is 0 Å². The minimum absolute atomic E-state index is 0.0810. The van der Waals surface area contributed by atoms with Gasteiger partial charge in [-0.15, -0.1) is 0 Å². The SMILES string of the molecule is CC(=O)Nc1ccc(CN2CCCC(O)(COc3cc(C)ccc3Cl)C2)cc1. The van der Waals surface area contributed by atoms with Crippen molar-refractivity contribution in [2.75, 3.05) is 25.0 Å². The van der Waals surface area contributed by atoms with Crippen molar-refractivity contribution in [3.63, 3.8) is 0 Å². The molecular formula is C22H27ClN2O3. The Kier molecular flexibility index (Phi) is 6.60. The monoisotopic (exact) mass is 402 g/mol. The molecule has 2 N–H and O–H groups in total. The highest BCUT2D eigenvalue weighted by Gasteiger charge is 2.34. The lowest BCUT2D eigenvalue weighted by Crippen LogP contribution is -2.51. The average molecular weight is 403 g/mol. The number of aliphatic hydroxyl groups is 1. The molecule has 1 amide bonds. The third-order valence-electron chi connectivity index (χ3n) is 4.90. The first-order chi connectivity index (χ1) is 13.3. The lowest BCUT2D eigenvalue weighted by molar-refractivity contribution is -0.114. The van der Waals surface area contributed by atoms with Crippen LogP contribution in [-0.4, -0.2) is 41.2 Å². The van der Waals surface area contributed by atoms with Gasteiger partial charge in [0.05, 0.1) is 5.02 Å². The molecule has 3 rings (SSSR count). The standard InChI is InChI=1S/C22H27ClN2O3/c1-16-4-9-20(23)21(12-16)28-15-22(27)10-3-11-25(14-22)13-18-5-7-19(8-6-18)24-17(2)26/h4-9,12,27H,3,10-11,13-15H2,1-2H3,(H,24,26). The zero-order chi connectivity index (χ0) is 20.1. The number of carbonyl (C=O) groups is 1. The maximum atomic E-state index is 11.1. The molecule has 0 bridgehead atoms. The molecule has 1 fully saturated rings. The lowest BCUT2D eigenvalue weighted by atomic mass is 9.93. The molecule has 1 saturated heterocycles. The molecule has 0 spiro atoms. The van der Waals surface area contributed by atoms with Crippen LogP contribution in [0.1, 0.15) is 30.9 Å². The molecule has 1 aliphatic heterocycles. The van der Waals surface area contributed by atoms with Gasteiger partial charge in [-0.3, -0.25) is 9.69 Å². The third-order valence-corrected chi connectivity index (χ3v) is 5.21. The van der Waals surface area contributed by atoms with E-state index in [1.165, 1.54) is 6.92 Å². The van der Waals surface area contributed by atoms with Gasteiger partial charge in [0.15, 0.2) is 0 Å². The maximum absolute atomic E-state index is 11.1.